The molecule has 1 aliphatic rings. The highest BCUT2D eigenvalue weighted by molar-refractivity contribution is 7.13. The number of aromatic nitrogens is 3. The first-order valence-corrected chi connectivity index (χ1v) is 16.2. The van der Waals surface area contributed by atoms with Crippen LogP contribution in [-0.2, 0) is 17.5 Å². The molecular weight excluding hydrogens is 635 g/mol. The van der Waals surface area contributed by atoms with Gasteiger partial charge in [0.05, 0.1) is 18.7 Å². The topological polar surface area (TPSA) is 130 Å². The first kappa shape index (κ1) is 34.0. The minimum absolute atomic E-state index is 0.0264. The molecule has 0 unspecified atom stereocenters. The van der Waals surface area contributed by atoms with Gasteiger partial charge in [-0.3, -0.25) is 19.8 Å². The van der Waals surface area contributed by atoms with Crippen molar-refractivity contribution in [2.75, 3.05) is 51.3 Å². The highest BCUT2D eigenvalue weighted by atomic mass is 32.1. The summed E-state index contributed by atoms with van der Waals surface area (Å²) in [6.07, 6.45) is -1.62. The van der Waals surface area contributed by atoms with Gasteiger partial charge in [0.25, 0.3) is 5.91 Å². The SMILES string of the molecule is CCNC(=O)Nc1cc(-c2nc(C(F)(F)F)cs2)c(-c2ccc3c(=O)c(C(=O)NCCN4CCOCC4)cn(CC(C)C)c3c2)cn1. The van der Waals surface area contributed by atoms with Gasteiger partial charge in [0.15, 0.2) is 5.69 Å². The lowest BCUT2D eigenvalue weighted by Crippen LogP contribution is -2.42. The van der Waals surface area contributed by atoms with Crippen LogP contribution in [0.2, 0.25) is 0 Å². The Bertz CT molecular complexity index is 1820. The van der Waals surface area contributed by atoms with E-state index in [2.05, 4.69) is 30.8 Å². The molecule has 1 aliphatic heterocycles. The quantitative estimate of drug-likeness (QED) is 0.215. The molecule has 1 aromatic carbocycles. The van der Waals surface area contributed by atoms with Crippen molar-refractivity contribution in [3.8, 4) is 21.7 Å². The van der Waals surface area contributed by atoms with E-state index in [1.807, 2.05) is 18.4 Å². The molecule has 47 heavy (non-hydrogen) atoms. The van der Waals surface area contributed by atoms with E-state index in [1.165, 1.54) is 12.3 Å². The number of urea groups is 1. The second-order valence-electron chi connectivity index (χ2n) is 11.5. The van der Waals surface area contributed by atoms with Crippen LogP contribution in [-0.4, -0.2) is 77.3 Å². The van der Waals surface area contributed by atoms with Gasteiger partial charge >= 0.3 is 12.2 Å². The predicted octanol–water partition coefficient (Wildman–Crippen LogP) is 5.07. The van der Waals surface area contributed by atoms with Crippen LogP contribution in [0.3, 0.4) is 0 Å². The second-order valence-corrected chi connectivity index (χ2v) is 12.4. The number of fused-ring (bicyclic) bond motifs is 1. The summed E-state index contributed by atoms with van der Waals surface area (Å²) in [7, 11) is 0. The molecule has 0 radical (unpaired) electrons. The molecule has 11 nitrogen and oxygen atoms in total. The van der Waals surface area contributed by atoms with E-state index >= 15 is 0 Å². The molecule has 15 heteroatoms. The van der Waals surface area contributed by atoms with Crippen LogP contribution >= 0.6 is 11.3 Å². The Morgan fingerprint density at radius 1 is 1.11 bits per heavy atom. The minimum atomic E-state index is -4.63. The number of nitrogens with one attached hydrogen (secondary N) is 3. The van der Waals surface area contributed by atoms with Crippen molar-refractivity contribution in [2.45, 2.75) is 33.5 Å². The zero-order valence-electron chi connectivity index (χ0n) is 26.2. The average molecular weight is 672 g/mol. The average Bonchev–Trinajstić information content (AvgIpc) is 3.54. The lowest BCUT2D eigenvalue weighted by Gasteiger charge is -2.26. The van der Waals surface area contributed by atoms with E-state index in [-0.39, 0.29) is 22.3 Å². The van der Waals surface area contributed by atoms with Crippen molar-refractivity contribution in [2.24, 2.45) is 5.92 Å². The lowest BCUT2D eigenvalue weighted by molar-refractivity contribution is -0.140. The predicted molar refractivity (Wildman–Crippen MR) is 175 cm³/mol. The second kappa shape index (κ2) is 14.6. The number of ether oxygens (including phenoxy) is 1. The fourth-order valence-electron chi connectivity index (χ4n) is 5.29. The van der Waals surface area contributed by atoms with Crippen molar-refractivity contribution in [3.05, 3.63) is 63.5 Å². The van der Waals surface area contributed by atoms with E-state index in [0.717, 1.165) is 29.8 Å². The van der Waals surface area contributed by atoms with E-state index in [0.29, 0.717) is 67.0 Å². The molecule has 1 fully saturated rings. The van der Waals surface area contributed by atoms with Gasteiger partial charge in [-0.1, -0.05) is 19.9 Å². The molecule has 0 spiro atoms. The van der Waals surface area contributed by atoms with Crippen molar-refractivity contribution in [1.29, 1.82) is 0 Å². The summed E-state index contributed by atoms with van der Waals surface area (Å²) in [5.74, 6) is -0.174. The highest BCUT2D eigenvalue weighted by Gasteiger charge is 2.34. The first-order chi connectivity index (χ1) is 22.4. The van der Waals surface area contributed by atoms with E-state index < -0.39 is 29.2 Å². The fourth-order valence-corrected chi connectivity index (χ4v) is 6.15. The maximum atomic E-state index is 13.6. The van der Waals surface area contributed by atoms with Crippen molar-refractivity contribution >= 4 is 40.0 Å². The van der Waals surface area contributed by atoms with Gasteiger partial charge in [-0.15, -0.1) is 11.3 Å². The van der Waals surface area contributed by atoms with Crippen LogP contribution in [0.15, 0.2) is 46.8 Å². The zero-order valence-corrected chi connectivity index (χ0v) is 27.1. The van der Waals surface area contributed by atoms with Gasteiger partial charge in [0, 0.05) is 73.6 Å². The minimum Gasteiger partial charge on any atom is -0.379 e. The van der Waals surface area contributed by atoms with Crippen LogP contribution in [0.5, 0.6) is 0 Å². The van der Waals surface area contributed by atoms with E-state index in [1.54, 1.807) is 31.3 Å². The van der Waals surface area contributed by atoms with Crippen molar-refractivity contribution in [1.82, 2.24) is 30.1 Å². The molecule has 3 aromatic heterocycles. The number of anilines is 1. The number of benzene rings is 1. The maximum absolute atomic E-state index is 13.6. The summed E-state index contributed by atoms with van der Waals surface area (Å²) < 4.78 is 47.7. The standard InChI is InChI=1S/C32H36F3N7O4S/c1-4-36-31(45)40-27-14-22(30-39-26(18-47-30)32(33,34)35)23(15-38-27)20-5-6-21-25(13-20)42(16-19(2)3)17-24(28(21)43)29(44)37-7-8-41-9-11-46-12-10-41/h5-6,13-15,17-19H,4,7-12,16H2,1-3H3,(H,37,44)(H2,36,38,40,45). The number of thiazole rings is 1. The van der Waals surface area contributed by atoms with Crippen molar-refractivity contribution in [3.63, 3.8) is 0 Å². The Balaban J connectivity index is 1.54. The Labute approximate surface area is 273 Å². The molecule has 1 saturated heterocycles. The van der Waals surface area contributed by atoms with Crippen LogP contribution in [0.25, 0.3) is 32.6 Å². The van der Waals surface area contributed by atoms with Crippen LogP contribution in [0, 0.1) is 5.92 Å². The number of carbonyl (C=O) groups excluding carboxylic acids is 2. The van der Waals surface area contributed by atoms with Crippen LogP contribution < -0.4 is 21.4 Å². The molecule has 5 rings (SSSR count). The Morgan fingerprint density at radius 2 is 1.87 bits per heavy atom. The normalized spacial score (nSPS) is 14.0. The number of rotatable bonds is 10. The lowest BCUT2D eigenvalue weighted by atomic mass is 9.99. The van der Waals surface area contributed by atoms with Gasteiger partial charge in [-0.05, 0) is 36.6 Å². The molecule has 0 atom stereocenters. The molecule has 0 saturated carbocycles. The molecule has 0 aliphatic carbocycles. The molecule has 3 N–H and O–H groups in total. The largest absolute Gasteiger partial charge is 0.434 e. The Morgan fingerprint density at radius 3 is 2.55 bits per heavy atom. The van der Waals surface area contributed by atoms with E-state index in [4.69, 9.17) is 4.74 Å². The van der Waals surface area contributed by atoms with Gasteiger partial charge in [0.2, 0.25) is 5.43 Å². The number of pyridine rings is 2. The molecule has 4 aromatic rings. The zero-order chi connectivity index (χ0) is 33.7. The Kier molecular flexibility index (Phi) is 10.6. The number of carbonyl (C=O) groups is 2. The number of morpholine rings is 1. The summed E-state index contributed by atoms with van der Waals surface area (Å²) in [6, 6.07) is 5.99. The third kappa shape index (κ3) is 8.15. The molecule has 250 valence electrons. The van der Waals surface area contributed by atoms with Crippen LogP contribution in [0.4, 0.5) is 23.8 Å². The molecular formula is C32H36F3N7O4S. The third-order valence-electron chi connectivity index (χ3n) is 7.52. The third-order valence-corrected chi connectivity index (χ3v) is 8.40. The number of nitrogens with zero attached hydrogens (tertiary/aromatic N) is 4. The van der Waals surface area contributed by atoms with Crippen molar-refractivity contribution < 1.29 is 27.5 Å². The Hall–Kier alpha value is -4.34. The maximum Gasteiger partial charge on any atom is 0.434 e. The van der Waals surface area contributed by atoms with Gasteiger partial charge in [-0.25, -0.2) is 14.8 Å². The molecule has 3 amide bonds. The summed E-state index contributed by atoms with van der Waals surface area (Å²) >= 11 is 0.818. The first-order valence-electron chi connectivity index (χ1n) is 15.3. The monoisotopic (exact) mass is 671 g/mol. The molecule has 0 bridgehead atoms. The number of alkyl halides is 3. The number of hydrogen-bond acceptors (Lipinski definition) is 8. The number of halogens is 3. The van der Waals surface area contributed by atoms with E-state index in [9.17, 15) is 27.6 Å². The fraction of sp³-hybridized carbons (Fsp3) is 0.406. The van der Waals surface area contributed by atoms with Crippen LogP contribution in [0.1, 0.15) is 36.8 Å². The number of hydrogen-bond donors (Lipinski definition) is 3. The summed E-state index contributed by atoms with van der Waals surface area (Å²) in [5, 5.41) is 9.39. The smallest absolute Gasteiger partial charge is 0.379 e. The summed E-state index contributed by atoms with van der Waals surface area (Å²) in [4.78, 5) is 49.4. The molecule has 4 heterocycles. The highest BCUT2D eigenvalue weighted by Crippen LogP contribution is 2.39. The van der Waals surface area contributed by atoms with Gasteiger partial charge < -0.3 is 19.9 Å². The summed E-state index contributed by atoms with van der Waals surface area (Å²) in [6.45, 7) is 10.5. The number of amides is 3. The summed E-state index contributed by atoms with van der Waals surface area (Å²) in [5.41, 5.74) is 0.456. The van der Waals surface area contributed by atoms with Gasteiger partial charge in [-0.2, -0.15) is 13.2 Å². The van der Waals surface area contributed by atoms with Gasteiger partial charge in [0.1, 0.15) is 16.4 Å².